The number of benzene rings is 1. The molecule has 0 aliphatic carbocycles. The highest BCUT2D eigenvalue weighted by Gasteiger charge is 2.25. The summed E-state index contributed by atoms with van der Waals surface area (Å²) in [4.78, 5) is 2.45. The highest BCUT2D eigenvalue weighted by Crippen LogP contribution is 2.27. The normalized spacial score (nSPS) is 23.6. The molecule has 2 nitrogen and oxygen atoms in total. The van der Waals surface area contributed by atoms with Crippen LogP contribution in [0.5, 0.6) is 0 Å². The van der Waals surface area contributed by atoms with Gasteiger partial charge >= 0.3 is 0 Å². The van der Waals surface area contributed by atoms with E-state index in [-0.39, 0.29) is 0 Å². The van der Waals surface area contributed by atoms with Crippen molar-refractivity contribution in [3.8, 4) is 0 Å². The summed E-state index contributed by atoms with van der Waals surface area (Å²) < 4.78 is 1.12. The summed E-state index contributed by atoms with van der Waals surface area (Å²) in [6.45, 7) is 4.68. The molecule has 16 heavy (non-hydrogen) atoms. The molecular formula is C13H18BrNO. The van der Waals surface area contributed by atoms with E-state index in [0.717, 1.165) is 24.0 Å². The Kier molecular flexibility index (Phi) is 4.00. The molecule has 1 fully saturated rings. The number of rotatable bonds is 3. The second kappa shape index (κ2) is 5.30. The van der Waals surface area contributed by atoms with E-state index in [1.165, 1.54) is 5.56 Å². The lowest BCUT2D eigenvalue weighted by Gasteiger charge is -2.24. The molecule has 1 N–H and O–H groups in total. The van der Waals surface area contributed by atoms with Gasteiger partial charge in [-0.3, -0.25) is 4.90 Å². The molecule has 1 aromatic carbocycles. The number of aliphatic hydroxyl groups is 1. The number of halogens is 1. The predicted molar refractivity (Wildman–Crippen MR) is 69.3 cm³/mol. The highest BCUT2D eigenvalue weighted by molar-refractivity contribution is 9.10. The summed E-state index contributed by atoms with van der Waals surface area (Å²) >= 11 is 3.45. The average Bonchev–Trinajstić information content (AvgIpc) is 2.77. The lowest BCUT2D eigenvalue weighted by atomic mass is 10.1. The third kappa shape index (κ3) is 2.65. The first-order chi connectivity index (χ1) is 7.70. The van der Waals surface area contributed by atoms with Crippen LogP contribution in [0.4, 0.5) is 0 Å². The van der Waals surface area contributed by atoms with E-state index in [2.05, 4.69) is 52.0 Å². The molecule has 1 saturated heterocycles. The Morgan fingerprint density at radius 3 is 2.69 bits per heavy atom. The molecule has 1 heterocycles. The Balaban J connectivity index is 2.02. The van der Waals surface area contributed by atoms with Crippen LogP contribution in [0.3, 0.4) is 0 Å². The van der Waals surface area contributed by atoms with Crippen LogP contribution in [0.15, 0.2) is 28.7 Å². The molecule has 2 rings (SSSR count). The lowest BCUT2D eigenvalue weighted by Crippen LogP contribution is -2.25. The van der Waals surface area contributed by atoms with Gasteiger partial charge in [0.25, 0.3) is 0 Å². The van der Waals surface area contributed by atoms with Gasteiger partial charge in [-0.2, -0.15) is 0 Å². The van der Waals surface area contributed by atoms with Crippen molar-refractivity contribution in [3.05, 3.63) is 34.3 Å². The smallest absolute Gasteiger partial charge is 0.0471 e. The molecule has 1 aliphatic heterocycles. The minimum absolute atomic E-state index is 0.323. The molecular weight excluding hydrogens is 266 g/mol. The second-order valence-corrected chi connectivity index (χ2v) is 5.48. The quantitative estimate of drug-likeness (QED) is 0.922. The van der Waals surface area contributed by atoms with E-state index in [1.807, 2.05) is 0 Å². The fourth-order valence-corrected chi connectivity index (χ4v) is 2.58. The minimum atomic E-state index is 0.323. The molecule has 0 saturated carbocycles. The first kappa shape index (κ1) is 12.1. The third-order valence-electron chi connectivity index (χ3n) is 3.48. The molecule has 3 heteroatoms. The molecule has 2 atom stereocenters. The van der Waals surface area contributed by atoms with Crippen molar-refractivity contribution in [2.24, 2.45) is 5.92 Å². The maximum Gasteiger partial charge on any atom is 0.0471 e. The monoisotopic (exact) mass is 283 g/mol. The van der Waals surface area contributed by atoms with E-state index in [9.17, 15) is 0 Å². The molecule has 0 amide bonds. The van der Waals surface area contributed by atoms with Crippen LogP contribution in [0, 0.1) is 5.92 Å². The lowest BCUT2D eigenvalue weighted by molar-refractivity contribution is 0.204. The molecule has 1 aliphatic rings. The summed E-state index contributed by atoms with van der Waals surface area (Å²) in [7, 11) is 0. The molecule has 0 bridgehead atoms. The van der Waals surface area contributed by atoms with E-state index >= 15 is 0 Å². The number of hydrogen-bond donors (Lipinski definition) is 1. The number of hydrogen-bond acceptors (Lipinski definition) is 2. The largest absolute Gasteiger partial charge is 0.396 e. The highest BCUT2D eigenvalue weighted by atomic mass is 79.9. The fourth-order valence-electron chi connectivity index (χ4n) is 2.32. The standard InChI is InChI=1S/C13H18BrNO/c1-10(12-2-4-13(14)5-3-12)15-7-6-11(8-15)9-16/h2-5,10-11,16H,6-9H2,1H3. The van der Waals surface area contributed by atoms with Crippen LogP contribution in [0.1, 0.15) is 24.9 Å². The molecule has 1 aromatic rings. The van der Waals surface area contributed by atoms with Crippen LogP contribution in [0.2, 0.25) is 0 Å². The van der Waals surface area contributed by atoms with Gasteiger partial charge in [-0.1, -0.05) is 28.1 Å². The summed E-state index contributed by atoms with van der Waals surface area (Å²) in [5, 5.41) is 9.14. The van der Waals surface area contributed by atoms with Gasteiger partial charge in [0.2, 0.25) is 0 Å². The van der Waals surface area contributed by atoms with Crippen LogP contribution >= 0.6 is 15.9 Å². The fraction of sp³-hybridized carbons (Fsp3) is 0.538. The van der Waals surface area contributed by atoms with Gasteiger partial charge < -0.3 is 5.11 Å². The molecule has 0 spiro atoms. The zero-order valence-corrected chi connectivity index (χ0v) is 11.2. The Bertz CT molecular complexity index is 338. The van der Waals surface area contributed by atoms with E-state index in [1.54, 1.807) is 0 Å². The van der Waals surface area contributed by atoms with Crippen molar-refractivity contribution in [2.75, 3.05) is 19.7 Å². The van der Waals surface area contributed by atoms with E-state index < -0.39 is 0 Å². The summed E-state index contributed by atoms with van der Waals surface area (Å²) in [6, 6.07) is 8.96. The van der Waals surface area contributed by atoms with Crippen molar-refractivity contribution < 1.29 is 5.11 Å². The zero-order chi connectivity index (χ0) is 11.5. The number of likely N-dealkylation sites (tertiary alicyclic amines) is 1. The SMILES string of the molecule is CC(c1ccc(Br)cc1)N1CCC(CO)C1. The van der Waals surface area contributed by atoms with Gasteiger partial charge in [-0.25, -0.2) is 0 Å². The Hall–Kier alpha value is -0.380. The molecule has 0 radical (unpaired) electrons. The predicted octanol–water partition coefficient (Wildman–Crippen LogP) is 2.82. The van der Waals surface area contributed by atoms with Crippen molar-refractivity contribution in [2.45, 2.75) is 19.4 Å². The summed E-state index contributed by atoms with van der Waals surface area (Å²) in [6.07, 6.45) is 1.12. The summed E-state index contributed by atoms with van der Waals surface area (Å²) in [5.74, 6) is 0.470. The van der Waals surface area contributed by atoms with Gasteiger partial charge in [0.05, 0.1) is 0 Å². The van der Waals surface area contributed by atoms with Gasteiger partial charge in [-0.05, 0) is 43.5 Å². The van der Waals surface area contributed by atoms with Crippen molar-refractivity contribution in [3.63, 3.8) is 0 Å². The van der Waals surface area contributed by atoms with E-state index in [4.69, 9.17) is 5.11 Å². The average molecular weight is 284 g/mol. The van der Waals surface area contributed by atoms with Gasteiger partial charge in [0, 0.05) is 23.7 Å². The Labute approximate surface area is 105 Å². The Morgan fingerprint density at radius 2 is 2.12 bits per heavy atom. The van der Waals surface area contributed by atoms with Crippen molar-refractivity contribution in [1.82, 2.24) is 4.90 Å². The maximum absolute atomic E-state index is 9.14. The van der Waals surface area contributed by atoms with Crippen molar-refractivity contribution in [1.29, 1.82) is 0 Å². The topological polar surface area (TPSA) is 23.5 Å². The van der Waals surface area contributed by atoms with Crippen molar-refractivity contribution >= 4 is 15.9 Å². The third-order valence-corrected chi connectivity index (χ3v) is 4.00. The van der Waals surface area contributed by atoms with Crippen LogP contribution < -0.4 is 0 Å². The maximum atomic E-state index is 9.14. The first-order valence-corrected chi connectivity index (χ1v) is 6.60. The molecule has 88 valence electrons. The van der Waals surface area contributed by atoms with Gasteiger partial charge in [0.1, 0.15) is 0 Å². The first-order valence-electron chi connectivity index (χ1n) is 5.81. The number of nitrogens with zero attached hydrogens (tertiary/aromatic N) is 1. The number of aliphatic hydroxyl groups excluding tert-OH is 1. The van der Waals surface area contributed by atoms with Crippen LogP contribution in [-0.2, 0) is 0 Å². The van der Waals surface area contributed by atoms with Gasteiger partial charge in [0.15, 0.2) is 0 Å². The molecule has 0 aromatic heterocycles. The van der Waals surface area contributed by atoms with E-state index in [0.29, 0.717) is 18.6 Å². The zero-order valence-electron chi connectivity index (χ0n) is 9.56. The van der Waals surface area contributed by atoms with Crippen LogP contribution in [0.25, 0.3) is 0 Å². The van der Waals surface area contributed by atoms with Crippen LogP contribution in [-0.4, -0.2) is 29.7 Å². The minimum Gasteiger partial charge on any atom is -0.396 e. The summed E-state index contributed by atoms with van der Waals surface area (Å²) in [5.41, 5.74) is 1.35. The Morgan fingerprint density at radius 1 is 1.44 bits per heavy atom. The van der Waals surface area contributed by atoms with Gasteiger partial charge in [-0.15, -0.1) is 0 Å². The second-order valence-electron chi connectivity index (χ2n) is 4.56. The molecule has 2 unspecified atom stereocenters.